The van der Waals surface area contributed by atoms with Gasteiger partial charge in [0, 0.05) is 18.9 Å². The van der Waals surface area contributed by atoms with Crippen LogP contribution in [0.2, 0.25) is 0 Å². The van der Waals surface area contributed by atoms with Gasteiger partial charge in [0.2, 0.25) is 0 Å². The van der Waals surface area contributed by atoms with Crippen LogP contribution in [-0.2, 0) is 9.47 Å². The maximum absolute atomic E-state index is 9.19. The highest BCUT2D eigenvalue weighted by Gasteiger charge is 2.31. The van der Waals surface area contributed by atoms with Gasteiger partial charge in [-0.2, -0.15) is 0 Å². The number of rotatable bonds is 1. The highest BCUT2D eigenvalue weighted by molar-refractivity contribution is 4.80. The van der Waals surface area contributed by atoms with E-state index in [4.69, 9.17) is 14.6 Å². The molecule has 0 aliphatic carbocycles. The Balaban J connectivity index is 0.000000184. The van der Waals surface area contributed by atoms with Crippen molar-refractivity contribution in [3.8, 4) is 0 Å². The fourth-order valence-corrected chi connectivity index (χ4v) is 2.33. The predicted molar refractivity (Wildman–Crippen MR) is 67.2 cm³/mol. The zero-order chi connectivity index (χ0) is 13.7. The van der Waals surface area contributed by atoms with Gasteiger partial charge in [0.05, 0.1) is 31.0 Å². The summed E-state index contributed by atoms with van der Waals surface area (Å²) >= 11 is 0. The monoisotopic (exact) mass is 262 g/mol. The van der Waals surface area contributed by atoms with Crippen LogP contribution in [0, 0.1) is 5.92 Å². The van der Waals surface area contributed by atoms with Crippen molar-refractivity contribution < 1.29 is 24.8 Å². The Morgan fingerprint density at radius 3 is 2.11 bits per heavy atom. The van der Waals surface area contributed by atoms with Crippen molar-refractivity contribution in [2.75, 3.05) is 13.2 Å². The lowest BCUT2D eigenvalue weighted by Crippen LogP contribution is -2.45. The largest absolute Gasteiger partial charge is 0.396 e. The molecule has 0 aromatic rings. The number of ether oxygens (including phenoxy) is 2. The summed E-state index contributed by atoms with van der Waals surface area (Å²) in [6.45, 7) is 6.73. The first-order valence-electron chi connectivity index (χ1n) is 6.68. The Morgan fingerprint density at radius 2 is 1.72 bits per heavy atom. The molecule has 6 atom stereocenters. The Kier molecular flexibility index (Phi) is 6.52. The first-order chi connectivity index (χ1) is 8.43. The minimum absolute atomic E-state index is 0.0633. The molecular formula is C13H26O5. The van der Waals surface area contributed by atoms with Crippen LogP contribution in [0.1, 0.15) is 33.6 Å². The van der Waals surface area contributed by atoms with Crippen molar-refractivity contribution in [2.45, 2.75) is 64.1 Å². The van der Waals surface area contributed by atoms with Gasteiger partial charge in [-0.05, 0) is 27.2 Å². The van der Waals surface area contributed by atoms with E-state index >= 15 is 0 Å². The normalized spacial score (nSPS) is 44.3. The second-order valence-corrected chi connectivity index (χ2v) is 5.37. The molecule has 0 bridgehead atoms. The second kappa shape index (κ2) is 7.40. The molecule has 0 saturated carbocycles. The summed E-state index contributed by atoms with van der Waals surface area (Å²) in [5.74, 6) is 0.407. The summed E-state index contributed by atoms with van der Waals surface area (Å²) in [5, 5.41) is 27.0. The molecule has 2 aliphatic heterocycles. The van der Waals surface area contributed by atoms with Gasteiger partial charge in [-0.1, -0.05) is 0 Å². The van der Waals surface area contributed by atoms with E-state index in [1.807, 2.05) is 13.8 Å². The van der Waals surface area contributed by atoms with E-state index in [-0.39, 0.29) is 18.8 Å². The number of aliphatic hydroxyl groups is 3. The van der Waals surface area contributed by atoms with Crippen LogP contribution in [0.25, 0.3) is 0 Å². The molecule has 2 heterocycles. The summed E-state index contributed by atoms with van der Waals surface area (Å²) in [6, 6.07) is 0. The Bertz CT molecular complexity index is 223. The van der Waals surface area contributed by atoms with Crippen LogP contribution >= 0.6 is 0 Å². The molecule has 18 heavy (non-hydrogen) atoms. The molecule has 2 fully saturated rings. The van der Waals surface area contributed by atoms with Crippen molar-refractivity contribution in [1.82, 2.24) is 0 Å². The average molecular weight is 262 g/mol. The molecule has 0 spiro atoms. The van der Waals surface area contributed by atoms with Crippen LogP contribution in [0.3, 0.4) is 0 Å². The standard InChI is InChI=1S/C7H14O3.C6H12O2/c1-4-3-6(8)7(9)5(2)10-4;1-5-2-6(3-7)4-8-5/h4-9H,3H2,1-2H3;5-7H,2-4H2,1H3. The molecule has 5 nitrogen and oxygen atoms in total. The van der Waals surface area contributed by atoms with Gasteiger partial charge < -0.3 is 24.8 Å². The average Bonchev–Trinajstić information content (AvgIpc) is 2.73. The lowest BCUT2D eigenvalue weighted by Gasteiger charge is -2.33. The number of aliphatic hydroxyl groups excluding tert-OH is 3. The van der Waals surface area contributed by atoms with E-state index in [2.05, 4.69) is 0 Å². The third-order valence-corrected chi connectivity index (χ3v) is 3.44. The van der Waals surface area contributed by atoms with Gasteiger partial charge in [-0.15, -0.1) is 0 Å². The van der Waals surface area contributed by atoms with Crippen molar-refractivity contribution in [1.29, 1.82) is 0 Å². The maximum atomic E-state index is 9.19. The van der Waals surface area contributed by atoms with Gasteiger partial charge in [0.25, 0.3) is 0 Å². The summed E-state index contributed by atoms with van der Waals surface area (Å²) in [4.78, 5) is 0. The van der Waals surface area contributed by atoms with Crippen molar-refractivity contribution in [3.63, 3.8) is 0 Å². The molecule has 6 unspecified atom stereocenters. The molecule has 3 N–H and O–H groups in total. The van der Waals surface area contributed by atoms with E-state index in [0.717, 1.165) is 13.0 Å². The van der Waals surface area contributed by atoms with Gasteiger partial charge in [0.1, 0.15) is 6.10 Å². The van der Waals surface area contributed by atoms with E-state index in [9.17, 15) is 10.2 Å². The van der Waals surface area contributed by atoms with E-state index < -0.39 is 12.2 Å². The lowest BCUT2D eigenvalue weighted by molar-refractivity contribution is -0.156. The van der Waals surface area contributed by atoms with Gasteiger partial charge in [0.15, 0.2) is 0 Å². The fourth-order valence-electron chi connectivity index (χ4n) is 2.33. The summed E-state index contributed by atoms with van der Waals surface area (Å²) < 4.78 is 10.5. The lowest BCUT2D eigenvalue weighted by atomic mass is 10.00. The highest BCUT2D eigenvalue weighted by Crippen LogP contribution is 2.19. The van der Waals surface area contributed by atoms with Crippen LogP contribution in [0.4, 0.5) is 0 Å². The van der Waals surface area contributed by atoms with Crippen LogP contribution < -0.4 is 0 Å². The first kappa shape index (κ1) is 15.9. The van der Waals surface area contributed by atoms with Crippen molar-refractivity contribution in [3.05, 3.63) is 0 Å². The smallest absolute Gasteiger partial charge is 0.106 e. The van der Waals surface area contributed by atoms with Crippen LogP contribution in [0.5, 0.6) is 0 Å². The summed E-state index contributed by atoms with van der Waals surface area (Å²) in [7, 11) is 0. The quantitative estimate of drug-likeness (QED) is 0.634. The third kappa shape index (κ3) is 4.82. The zero-order valence-corrected chi connectivity index (χ0v) is 11.5. The van der Waals surface area contributed by atoms with E-state index in [0.29, 0.717) is 18.4 Å². The topological polar surface area (TPSA) is 79.2 Å². The first-order valence-corrected chi connectivity index (χ1v) is 6.68. The summed E-state index contributed by atoms with van der Waals surface area (Å²) in [5.41, 5.74) is 0. The molecular weight excluding hydrogens is 236 g/mol. The molecule has 0 radical (unpaired) electrons. The number of hydrogen-bond donors (Lipinski definition) is 3. The molecule has 2 aliphatic rings. The third-order valence-electron chi connectivity index (χ3n) is 3.44. The molecule has 2 saturated heterocycles. The predicted octanol–water partition coefficient (Wildman–Crippen LogP) is 0.309. The van der Waals surface area contributed by atoms with Crippen LogP contribution in [-0.4, -0.2) is 59.1 Å². The molecule has 2 rings (SSSR count). The van der Waals surface area contributed by atoms with E-state index in [1.165, 1.54) is 0 Å². The van der Waals surface area contributed by atoms with Gasteiger partial charge in [-0.3, -0.25) is 0 Å². The Morgan fingerprint density at radius 1 is 1.06 bits per heavy atom. The SMILES string of the molecule is CC1CC(CO)CO1.CC1CC(O)C(O)C(C)O1. The van der Waals surface area contributed by atoms with Crippen LogP contribution in [0.15, 0.2) is 0 Å². The minimum Gasteiger partial charge on any atom is -0.396 e. The van der Waals surface area contributed by atoms with Crippen molar-refractivity contribution >= 4 is 0 Å². The Labute approximate surface area is 109 Å². The minimum atomic E-state index is -0.712. The maximum Gasteiger partial charge on any atom is 0.106 e. The Hall–Kier alpha value is -0.200. The molecule has 0 amide bonds. The van der Waals surface area contributed by atoms with Crippen molar-refractivity contribution in [2.24, 2.45) is 5.92 Å². The molecule has 108 valence electrons. The molecule has 0 aromatic heterocycles. The molecule has 5 heteroatoms. The zero-order valence-electron chi connectivity index (χ0n) is 11.5. The highest BCUT2D eigenvalue weighted by atomic mass is 16.5. The number of hydrogen-bond acceptors (Lipinski definition) is 5. The van der Waals surface area contributed by atoms with E-state index in [1.54, 1.807) is 6.92 Å². The van der Waals surface area contributed by atoms with Gasteiger partial charge in [-0.25, -0.2) is 0 Å². The summed E-state index contributed by atoms with van der Waals surface area (Å²) in [6.07, 6.45) is 0.427. The fraction of sp³-hybridized carbons (Fsp3) is 1.00. The second-order valence-electron chi connectivity index (χ2n) is 5.37. The van der Waals surface area contributed by atoms with Gasteiger partial charge >= 0.3 is 0 Å². The molecule has 0 aromatic carbocycles.